The first-order valence-electron chi connectivity index (χ1n) is 6.33. The molecule has 1 N–H and O–H groups in total. The van der Waals surface area contributed by atoms with Crippen molar-refractivity contribution in [3.63, 3.8) is 0 Å². The Kier molecular flexibility index (Phi) is 4.34. The fraction of sp³-hybridized carbons (Fsp3) is 0.357. The summed E-state index contributed by atoms with van der Waals surface area (Å²) >= 11 is 0. The number of aromatic nitrogens is 3. The largest absolute Gasteiger partial charge is 0.497 e. The Hall–Kier alpha value is -2.37. The molecule has 0 spiro atoms. The van der Waals surface area contributed by atoms with Crippen LogP contribution in [0.1, 0.15) is 17.2 Å². The van der Waals surface area contributed by atoms with Crippen molar-refractivity contribution in [2.24, 2.45) is 0 Å². The number of aryl methyl sites for hydroxylation is 1. The maximum Gasteiger partial charge on any atom is 0.227 e. The first kappa shape index (κ1) is 14.0. The van der Waals surface area contributed by atoms with Crippen LogP contribution in [0.3, 0.4) is 0 Å². The second-order valence-electron chi connectivity index (χ2n) is 4.61. The zero-order chi connectivity index (χ0) is 14.5. The van der Waals surface area contributed by atoms with Gasteiger partial charge in [0.15, 0.2) is 5.82 Å². The fourth-order valence-corrected chi connectivity index (χ4v) is 1.81. The quantitative estimate of drug-likeness (QED) is 0.892. The summed E-state index contributed by atoms with van der Waals surface area (Å²) in [6, 6.07) is 7.48. The number of H-pyrrole nitrogens is 1. The third-order valence-electron chi connectivity index (χ3n) is 2.96. The minimum absolute atomic E-state index is 0.0256. The molecule has 0 saturated carbocycles. The van der Waals surface area contributed by atoms with Gasteiger partial charge in [-0.3, -0.25) is 9.89 Å². The van der Waals surface area contributed by atoms with Crippen molar-refractivity contribution in [3.05, 3.63) is 41.5 Å². The van der Waals surface area contributed by atoms with Crippen molar-refractivity contribution in [1.29, 1.82) is 0 Å². The summed E-state index contributed by atoms with van der Waals surface area (Å²) < 4.78 is 5.09. The average Bonchev–Trinajstić information content (AvgIpc) is 2.85. The molecule has 1 heterocycles. The van der Waals surface area contributed by atoms with E-state index in [1.165, 1.54) is 0 Å². The SMILES string of the molecule is COc1ccc(CC(=O)N(C)Cc2n[nH]c(C)n2)cc1. The Labute approximate surface area is 117 Å². The number of hydrogen-bond acceptors (Lipinski definition) is 4. The van der Waals surface area contributed by atoms with Gasteiger partial charge in [-0.2, -0.15) is 5.10 Å². The molecule has 6 nitrogen and oxygen atoms in total. The zero-order valence-corrected chi connectivity index (χ0v) is 11.9. The summed E-state index contributed by atoms with van der Waals surface area (Å²) in [5.41, 5.74) is 0.953. The molecule has 1 aromatic carbocycles. The first-order valence-corrected chi connectivity index (χ1v) is 6.33. The summed E-state index contributed by atoms with van der Waals surface area (Å²) in [5.74, 6) is 2.17. The molecule has 0 aliphatic rings. The topological polar surface area (TPSA) is 71.1 Å². The molecule has 0 fully saturated rings. The Balaban J connectivity index is 1.93. The van der Waals surface area contributed by atoms with E-state index in [0.717, 1.165) is 17.1 Å². The van der Waals surface area contributed by atoms with Gasteiger partial charge in [0, 0.05) is 7.05 Å². The zero-order valence-electron chi connectivity index (χ0n) is 11.9. The second-order valence-corrected chi connectivity index (χ2v) is 4.61. The van der Waals surface area contributed by atoms with Gasteiger partial charge in [0.2, 0.25) is 5.91 Å². The first-order chi connectivity index (χ1) is 9.58. The standard InChI is InChI=1S/C14H18N4O2/c1-10-15-13(17-16-10)9-18(2)14(19)8-11-4-6-12(20-3)7-5-11/h4-7H,8-9H2,1-3H3,(H,15,16,17). The molecular weight excluding hydrogens is 256 g/mol. The number of benzene rings is 1. The third-order valence-corrected chi connectivity index (χ3v) is 2.96. The highest BCUT2D eigenvalue weighted by atomic mass is 16.5. The van der Waals surface area contributed by atoms with Crippen molar-refractivity contribution in [3.8, 4) is 5.75 Å². The molecule has 0 aliphatic carbocycles. The predicted molar refractivity (Wildman–Crippen MR) is 74.3 cm³/mol. The second kappa shape index (κ2) is 6.18. The van der Waals surface area contributed by atoms with Gasteiger partial charge in [-0.25, -0.2) is 4.98 Å². The summed E-state index contributed by atoms with van der Waals surface area (Å²) in [6.07, 6.45) is 0.351. The lowest BCUT2D eigenvalue weighted by atomic mass is 10.1. The lowest BCUT2D eigenvalue weighted by Crippen LogP contribution is -2.28. The van der Waals surface area contributed by atoms with Crippen LogP contribution in [0.2, 0.25) is 0 Å². The molecule has 2 rings (SSSR count). The van der Waals surface area contributed by atoms with E-state index in [-0.39, 0.29) is 5.91 Å². The Bertz CT molecular complexity index is 577. The molecule has 0 unspecified atom stereocenters. The number of carbonyl (C=O) groups is 1. The van der Waals surface area contributed by atoms with Crippen LogP contribution in [0.25, 0.3) is 0 Å². The summed E-state index contributed by atoms with van der Waals surface area (Å²) in [7, 11) is 3.37. The predicted octanol–water partition coefficient (Wildman–Crippen LogP) is 1.32. The van der Waals surface area contributed by atoms with Crippen LogP contribution in [0, 0.1) is 6.92 Å². The van der Waals surface area contributed by atoms with E-state index >= 15 is 0 Å². The van der Waals surface area contributed by atoms with Crippen molar-refractivity contribution < 1.29 is 9.53 Å². The average molecular weight is 274 g/mol. The fourth-order valence-electron chi connectivity index (χ4n) is 1.81. The highest BCUT2D eigenvalue weighted by Gasteiger charge is 2.12. The van der Waals surface area contributed by atoms with E-state index in [1.54, 1.807) is 19.1 Å². The molecule has 0 aliphatic heterocycles. The van der Waals surface area contributed by atoms with Gasteiger partial charge in [-0.15, -0.1) is 0 Å². The number of amides is 1. The third kappa shape index (κ3) is 3.57. The Morgan fingerprint density at radius 1 is 1.35 bits per heavy atom. The van der Waals surface area contributed by atoms with Crippen molar-refractivity contribution in [2.45, 2.75) is 19.9 Å². The van der Waals surface area contributed by atoms with Crippen LogP contribution >= 0.6 is 0 Å². The number of carbonyl (C=O) groups excluding carboxylic acids is 1. The smallest absolute Gasteiger partial charge is 0.227 e. The lowest BCUT2D eigenvalue weighted by molar-refractivity contribution is -0.129. The van der Waals surface area contributed by atoms with E-state index in [4.69, 9.17) is 4.74 Å². The number of rotatable bonds is 5. The Morgan fingerprint density at radius 3 is 2.60 bits per heavy atom. The molecular formula is C14H18N4O2. The van der Waals surface area contributed by atoms with Gasteiger partial charge in [-0.05, 0) is 24.6 Å². The van der Waals surface area contributed by atoms with Gasteiger partial charge in [0.1, 0.15) is 11.6 Å². The monoisotopic (exact) mass is 274 g/mol. The van der Waals surface area contributed by atoms with Gasteiger partial charge >= 0.3 is 0 Å². The minimum atomic E-state index is 0.0256. The molecule has 2 aromatic rings. The summed E-state index contributed by atoms with van der Waals surface area (Å²) in [5, 5.41) is 6.78. The molecule has 6 heteroatoms. The molecule has 106 valence electrons. The summed E-state index contributed by atoms with van der Waals surface area (Å²) in [6.45, 7) is 2.23. The number of likely N-dealkylation sites (N-methyl/N-ethyl adjacent to an activating group) is 1. The molecule has 0 bridgehead atoms. The van der Waals surface area contributed by atoms with Gasteiger partial charge in [0.05, 0.1) is 20.1 Å². The molecule has 1 aromatic heterocycles. The van der Waals surface area contributed by atoms with Crippen LogP contribution in [-0.2, 0) is 17.8 Å². The van der Waals surface area contributed by atoms with E-state index in [1.807, 2.05) is 31.2 Å². The number of ether oxygens (including phenoxy) is 1. The van der Waals surface area contributed by atoms with E-state index in [9.17, 15) is 4.79 Å². The van der Waals surface area contributed by atoms with Gasteiger partial charge in [-0.1, -0.05) is 12.1 Å². The van der Waals surface area contributed by atoms with Gasteiger partial charge in [0.25, 0.3) is 0 Å². The summed E-state index contributed by atoms with van der Waals surface area (Å²) in [4.78, 5) is 17.9. The molecule has 0 radical (unpaired) electrons. The number of nitrogens with zero attached hydrogens (tertiary/aromatic N) is 3. The van der Waals surface area contributed by atoms with Crippen LogP contribution in [0.5, 0.6) is 5.75 Å². The Morgan fingerprint density at radius 2 is 2.05 bits per heavy atom. The van der Waals surface area contributed by atoms with Gasteiger partial charge < -0.3 is 9.64 Å². The highest BCUT2D eigenvalue weighted by molar-refractivity contribution is 5.78. The minimum Gasteiger partial charge on any atom is -0.497 e. The molecule has 0 atom stereocenters. The normalized spacial score (nSPS) is 10.3. The van der Waals surface area contributed by atoms with E-state index < -0.39 is 0 Å². The molecule has 1 amide bonds. The molecule has 0 saturated heterocycles. The van der Waals surface area contributed by atoms with Crippen LogP contribution in [-0.4, -0.2) is 40.1 Å². The van der Waals surface area contributed by atoms with Crippen LogP contribution in [0.4, 0.5) is 0 Å². The van der Waals surface area contributed by atoms with Crippen molar-refractivity contribution in [2.75, 3.05) is 14.2 Å². The number of hydrogen-bond donors (Lipinski definition) is 1. The van der Waals surface area contributed by atoms with Crippen molar-refractivity contribution >= 4 is 5.91 Å². The van der Waals surface area contributed by atoms with Crippen LogP contribution < -0.4 is 4.74 Å². The highest BCUT2D eigenvalue weighted by Crippen LogP contribution is 2.12. The number of methoxy groups -OCH3 is 1. The van der Waals surface area contributed by atoms with E-state index in [0.29, 0.717) is 18.8 Å². The number of aromatic amines is 1. The van der Waals surface area contributed by atoms with E-state index in [2.05, 4.69) is 15.2 Å². The maximum absolute atomic E-state index is 12.1. The van der Waals surface area contributed by atoms with Crippen molar-refractivity contribution in [1.82, 2.24) is 20.1 Å². The van der Waals surface area contributed by atoms with Crippen LogP contribution in [0.15, 0.2) is 24.3 Å². The maximum atomic E-state index is 12.1. The number of nitrogens with one attached hydrogen (secondary N) is 1. The lowest BCUT2D eigenvalue weighted by Gasteiger charge is -2.15. The molecule has 20 heavy (non-hydrogen) atoms.